The molecule has 1 saturated heterocycles. The molecule has 3 rings (SSSR count). The number of nitrogens with one attached hydrogen (secondary N) is 1. The van der Waals surface area contributed by atoms with Gasteiger partial charge in [0, 0.05) is 24.5 Å². The second-order valence-corrected chi connectivity index (χ2v) is 5.06. The topological polar surface area (TPSA) is 28.2 Å². The lowest BCUT2D eigenvalue weighted by atomic mass is 10.2. The standard InChI is InChI=1S/C15H19N3/c1-18(14-8-9-16-10-14)11-13-7-6-12-4-2-3-5-15(12)17-13/h2-7,14,16H,8-11H2,1H3. The molecule has 1 fully saturated rings. The maximum atomic E-state index is 4.72. The van der Waals surface area contributed by atoms with Gasteiger partial charge in [-0.25, -0.2) is 0 Å². The quantitative estimate of drug-likeness (QED) is 0.891. The molecule has 1 atom stereocenters. The van der Waals surface area contributed by atoms with Crippen LogP contribution in [0.25, 0.3) is 10.9 Å². The van der Waals surface area contributed by atoms with Crippen molar-refractivity contribution in [2.75, 3.05) is 20.1 Å². The molecule has 0 radical (unpaired) electrons. The van der Waals surface area contributed by atoms with Crippen LogP contribution in [0.3, 0.4) is 0 Å². The highest BCUT2D eigenvalue weighted by atomic mass is 15.2. The Hall–Kier alpha value is -1.45. The van der Waals surface area contributed by atoms with E-state index < -0.39 is 0 Å². The summed E-state index contributed by atoms with van der Waals surface area (Å²) in [5.74, 6) is 0. The van der Waals surface area contributed by atoms with Crippen LogP contribution in [0, 0.1) is 0 Å². The van der Waals surface area contributed by atoms with Crippen molar-refractivity contribution < 1.29 is 0 Å². The Bertz CT molecular complexity index is 532. The molecule has 1 aliphatic rings. The molecule has 3 nitrogen and oxygen atoms in total. The first-order valence-corrected chi connectivity index (χ1v) is 6.58. The van der Waals surface area contributed by atoms with Crippen molar-refractivity contribution in [2.45, 2.75) is 19.0 Å². The van der Waals surface area contributed by atoms with Crippen LogP contribution in [0.15, 0.2) is 36.4 Å². The maximum Gasteiger partial charge on any atom is 0.0705 e. The van der Waals surface area contributed by atoms with Gasteiger partial charge in [-0.2, -0.15) is 0 Å². The number of hydrogen-bond acceptors (Lipinski definition) is 3. The summed E-state index contributed by atoms with van der Waals surface area (Å²) in [6.07, 6.45) is 1.24. The number of rotatable bonds is 3. The second kappa shape index (κ2) is 5.04. The number of hydrogen-bond donors (Lipinski definition) is 1. The fourth-order valence-electron chi connectivity index (χ4n) is 2.60. The number of likely N-dealkylation sites (N-methyl/N-ethyl adjacent to an activating group) is 1. The van der Waals surface area contributed by atoms with E-state index in [0.717, 1.165) is 30.8 Å². The summed E-state index contributed by atoms with van der Waals surface area (Å²) < 4.78 is 0. The molecule has 18 heavy (non-hydrogen) atoms. The van der Waals surface area contributed by atoms with E-state index in [1.165, 1.54) is 11.8 Å². The SMILES string of the molecule is CN(Cc1ccc2ccccc2n1)C1CCNC1. The van der Waals surface area contributed by atoms with Crippen LogP contribution in [0.5, 0.6) is 0 Å². The molecule has 2 heterocycles. The third-order valence-electron chi connectivity index (χ3n) is 3.73. The van der Waals surface area contributed by atoms with Gasteiger partial charge < -0.3 is 5.32 Å². The molecule has 1 aliphatic heterocycles. The Labute approximate surface area is 108 Å². The van der Waals surface area contributed by atoms with Crippen LogP contribution in [0.4, 0.5) is 0 Å². The minimum absolute atomic E-state index is 0.651. The van der Waals surface area contributed by atoms with E-state index in [1.807, 2.05) is 6.07 Å². The third kappa shape index (κ3) is 2.37. The third-order valence-corrected chi connectivity index (χ3v) is 3.73. The van der Waals surface area contributed by atoms with Crippen LogP contribution < -0.4 is 5.32 Å². The lowest BCUT2D eigenvalue weighted by Crippen LogP contribution is -2.33. The van der Waals surface area contributed by atoms with Crippen molar-refractivity contribution in [3.8, 4) is 0 Å². The lowest BCUT2D eigenvalue weighted by molar-refractivity contribution is 0.246. The molecule has 3 heteroatoms. The zero-order valence-electron chi connectivity index (χ0n) is 10.8. The van der Waals surface area contributed by atoms with Gasteiger partial charge in [0.1, 0.15) is 0 Å². The zero-order chi connectivity index (χ0) is 12.4. The summed E-state index contributed by atoms with van der Waals surface area (Å²) in [6, 6.07) is 13.2. The van der Waals surface area contributed by atoms with Crippen molar-refractivity contribution in [1.29, 1.82) is 0 Å². The van der Waals surface area contributed by atoms with Gasteiger partial charge in [-0.1, -0.05) is 24.3 Å². The van der Waals surface area contributed by atoms with Crippen LogP contribution >= 0.6 is 0 Å². The van der Waals surface area contributed by atoms with Gasteiger partial charge >= 0.3 is 0 Å². The highest BCUT2D eigenvalue weighted by Gasteiger charge is 2.19. The number of pyridine rings is 1. The normalized spacial score (nSPS) is 19.8. The maximum absolute atomic E-state index is 4.72. The predicted octanol–water partition coefficient (Wildman–Crippen LogP) is 2.03. The first-order chi connectivity index (χ1) is 8.83. The Balaban J connectivity index is 1.77. The van der Waals surface area contributed by atoms with Crippen molar-refractivity contribution in [2.24, 2.45) is 0 Å². The smallest absolute Gasteiger partial charge is 0.0705 e. The number of nitrogens with zero attached hydrogens (tertiary/aromatic N) is 2. The van der Waals surface area contributed by atoms with E-state index in [9.17, 15) is 0 Å². The number of aromatic nitrogens is 1. The fourth-order valence-corrected chi connectivity index (χ4v) is 2.60. The first kappa shape index (κ1) is 11.6. The van der Waals surface area contributed by atoms with E-state index in [1.54, 1.807) is 0 Å². The van der Waals surface area contributed by atoms with E-state index in [2.05, 4.69) is 47.6 Å². The zero-order valence-corrected chi connectivity index (χ0v) is 10.8. The van der Waals surface area contributed by atoms with Crippen molar-refractivity contribution in [1.82, 2.24) is 15.2 Å². The summed E-state index contributed by atoms with van der Waals surface area (Å²) in [5.41, 5.74) is 2.25. The predicted molar refractivity (Wildman–Crippen MR) is 74.5 cm³/mol. The largest absolute Gasteiger partial charge is 0.315 e. The van der Waals surface area contributed by atoms with Crippen molar-refractivity contribution >= 4 is 10.9 Å². The Morgan fingerprint density at radius 3 is 3.00 bits per heavy atom. The van der Waals surface area contributed by atoms with Gasteiger partial charge in [0.2, 0.25) is 0 Å². The highest BCUT2D eigenvalue weighted by molar-refractivity contribution is 5.78. The van der Waals surface area contributed by atoms with E-state index in [-0.39, 0.29) is 0 Å². The molecule has 0 saturated carbocycles. The number of para-hydroxylation sites is 1. The second-order valence-electron chi connectivity index (χ2n) is 5.06. The van der Waals surface area contributed by atoms with Gasteiger partial charge in [-0.05, 0) is 32.1 Å². The highest BCUT2D eigenvalue weighted by Crippen LogP contribution is 2.14. The van der Waals surface area contributed by atoms with Crippen molar-refractivity contribution in [3.63, 3.8) is 0 Å². The van der Waals surface area contributed by atoms with E-state index in [4.69, 9.17) is 4.98 Å². The minimum Gasteiger partial charge on any atom is -0.315 e. The summed E-state index contributed by atoms with van der Waals surface area (Å²) >= 11 is 0. The van der Waals surface area contributed by atoms with E-state index in [0.29, 0.717) is 6.04 Å². The molecule has 0 spiro atoms. The van der Waals surface area contributed by atoms with Gasteiger partial charge in [0.05, 0.1) is 11.2 Å². The molecule has 0 amide bonds. The Kier molecular flexibility index (Phi) is 3.26. The first-order valence-electron chi connectivity index (χ1n) is 6.58. The molecule has 0 aliphatic carbocycles. The van der Waals surface area contributed by atoms with Crippen LogP contribution in [-0.2, 0) is 6.54 Å². The molecular weight excluding hydrogens is 222 g/mol. The van der Waals surface area contributed by atoms with Crippen LogP contribution in [0.2, 0.25) is 0 Å². The summed E-state index contributed by atoms with van der Waals surface area (Å²) in [4.78, 5) is 7.12. The van der Waals surface area contributed by atoms with Gasteiger partial charge in [0.15, 0.2) is 0 Å². The molecule has 1 N–H and O–H groups in total. The van der Waals surface area contributed by atoms with E-state index >= 15 is 0 Å². The fraction of sp³-hybridized carbons (Fsp3) is 0.400. The Morgan fingerprint density at radius 1 is 1.28 bits per heavy atom. The minimum atomic E-state index is 0.651. The molecule has 2 aromatic rings. The molecule has 0 bridgehead atoms. The number of benzene rings is 1. The molecule has 94 valence electrons. The van der Waals surface area contributed by atoms with Gasteiger partial charge in [0.25, 0.3) is 0 Å². The van der Waals surface area contributed by atoms with Gasteiger partial charge in [-0.15, -0.1) is 0 Å². The van der Waals surface area contributed by atoms with Crippen LogP contribution in [0.1, 0.15) is 12.1 Å². The average molecular weight is 241 g/mol. The summed E-state index contributed by atoms with van der Waals surface area (Å²) in [5, 5.41) is 4.62. The monoisotopic (exact) mass is 241 g/mol. The lowest BCUT2D eigenvalue weighted by Gasteiger charge is -2.22. The Morgan fingerprint density at radius 2 is 2.17 bits per heavy atom. The molecular formula is C15H19N3. The summed E-state index contributed by atoms with van der Waals surface area (Å²) in [7, 11) is 2.19. The van der Waals surface area contributed by atoms with Gasteiger partial charge in [-0.3, -0.25) is 9.88 Å². The number of fused-ring (bicyclic) bond motifs is 1. The van der Waals surface area contributed by atoms with Crippen LogP contribution in [-0.4, -0.2) is 36.1 Å². The average Bonchev–Trinajstić information content (AvgIpc) is 2.92. The summed E-state index contributed by atoms with van der Waals surface area (Å²) in [6.45, 7) is 3.17. The molecule has 1 aromatic carbocycles. The van der Waals surface area contributed by atoms with Crippen molar-refractivity contribution in [3.05, 3.63) is 42.1 Å². The molecule has 1 unspecified atom stereocenters. The molecule has 1 aromatic heterocycles.